The van der Waals surface area contributed by atoms with Gasteiger partial charge >= 0.3 is 5.97 Å². The van der Waals surface area contributed by atoms with E-state index >= 15 is 0 Å². The number of ether oxygens (including phenoxy) is 1. The number of carbonyl (C=O) groups excluding carboxylic acids is 3. The maximum absolute atomic E-state index is 12.1. The number of hydrazone groups is 1. The Hall–Kier alpha value is -3.55. The van der Waals surface area contributed by atoms with Crippen LogP contribution in [0.25, 0.3) is 0 Å². The molecule has 8 heteroatoms. The van der Waals surface area contributed by atoms with Gasteiger partial charge in [-0.15, -0.1) is 0 Å². The molecule has 1 heterocycles. The lowest BCUT2D eigenvalue weighted by Gasteiger charge is -2.07. The van der Waals surface area contributed by atoms with E-state index in [1.807, 2.05) is 0 Å². The maximum atomic E-state index is 12.1. The van der Waals surface area contributed by atoms with Crippen molar-refractivity contribution in [1.82, 2.24) is 10.4 Å². The SMILES string of the molecule is CCOC(=O)c1ccc(NC(=O)C/C(C)=N/NC(=O)c2cccnc2)cc1. The second-order valence-corrected chi connectivity index (χ2v) is 5.55. The monoisotopic (exact) mass is 368 g/mol. The summed E-state index contributed by atoms with van der Waals surface area (Å²) < 4.78 is 4.90. The van der Waals surface area contributed by atoms with Gasteiger partial charge in [0.15, 0.2) is 0 Å². The van der Waals surface area contributed by atoms with Gasteiger partial charge in [-0.1, -0.05) is 0 Å². The summed E-state index contributed by atoms with van der Waals surface area (Å²) in [5.74, 6) is -1.11. The van der Waals surface area contributed by atoms with Crippen molar-refractivity contribution in [3.8, 4) is 0 Å². The first kappa shape index (κ1) is 19.8. The van der Waals surface area contributed by atoms with Crippen molar-refractivity contribution >= 4 is 29.2 Å². The number of hydrogen-bond acceptors (Lipinski definition) is 6. The highest BCUT2D eigenvalue weighted by Gasteiger charge is 2.09. The van der Waals surface area contributed by atoms with Crippen LogP contribution in [-0.4, -0.2) is 35.1 Å². The van der Waals surface area contributed by atoms with Crippen molar-refractivity contribution in [3.63, 3.8) is 0 Å². The summed E-state index contributed by atoms with van der Waals surface area (Å²) in [6.07, 6.45) is 2.99. The van der Waals surface area contributed by atoms with Gasteiger partial charge in [-0.05, 0) is 50.2 Å². The van der Waals surface area contributed by atoms with E-state index in [1.54, 1.807) is 56.4 Å². The number of nitrogens with one attached hydrogen (secondary N) is 2. The summed E-state index contributed by atoms with van der Waals surface area (Å²) in [7, 11) is 0. The molecule has 2 N–H and O–H groups in total. The number of aromatic nitrogens is 1. The van der Waals surface area contributed by atoms with Gasteiger partial charge in [0.2, 0.25) is 5.91 Å². The van der Waals surface area contributed by atoms with Crippen LogP contribution >= 0.6 is 0 Å². The number of benzene rings is 1. The molecule has 0 unspecified atom stereocenters. The lowest BCUT2D eigenvalue weighted by Crippen LogP contribution is -2.21. The molecule has 0 atom stereocenters. The fourth-order valence-electron chi connectivity index (χ4n) is 2.09. The van der Waals surface area contributed by atoms with Crippen LogP contribution in [0, 0.1) is 0 Å². The van der Waals surface area contributed by atoms with E-state index in [9.17, 15) is 14.4 Å². The van der Waals surface area contributed by atoms with E-state index in [2.05, 4.69) is 20.8 Å². The molecule has 0 radical (unpaired) electrons. The summed E-state index contributed by atoms with van der Waals surface area (Å²) in [5.41, 5.74) is 4.14. The molecule has 8 nitrogen and oxygen atoms in total. The minimum absolute atomic E-state index is 0.00689. The Kier molecular flexibility index (Phi) is 7.18. The Morgan fingerprint density at radius 1 is 1.11 bits per heavy atom. The molecule has 0 aliphatic heterocycles. The number of esters is 1. The highest BCUT2D eigenvalue weighted by molar-refractivity contribution is 6.06. The van der Waals surface area contributed by atoms with Crippen molar-refractivity contribution in [1.29, 1.82) is 0 Å². The smallest absolute Gasteiger partial charge is 0.338 e. The fraction of sp³-hybridized carbons (Fsp3) is 0.211. The normalized spacial score (nSPS) is 10.8. The fourth-order valence-corrected chi connectivity index (χ4v) is 2.09. The van der Waals surface area contributed by atoms with E-state index in [0.717, 1.165) is 0 Å². The molecule has 0 spiro atoms. The number of nitrogens with zero attached hydrogens (tertiary/aromatic N) is 2. The number of anilines is 1. The van der Waals surface area contributed by atoms with E-state index in [1.165, 1.54) is 6.20 Å². The van der Waals surface area contributed by atoms with Gasteiger partial charge < -0.3 is 10.1 Å². The van der Waals surface area contributed by atoms with E-state index in [4.69, 9.17) is 4.74 Å². The third-order valence-corrected chi connectivity index (χ3v) is 3.37. The second kappa shape index (κ2) is 9.81. The van der Waals surface area contributed by atoms with Crippen LogP contribution in [-0.2, 0) is 9.53 Å². The minimum atomic E-state index is -0.414. The first-order chi connectivity index (χ1) is 13.0. The molecule has 1 aromatic carbocycles. The number of hydrogen-bond donors (Lipinski definition) is 2. The van der Waals surface area contributed by atoms with Crippen molar-refractivity contribution in [2.45, 2.75) is 20.3 Å². The van der Waals surface area contributed by atoms with Crippen molar-refractivity contribution in [2.75, 3.05) is 11.9 Å². The predicted octanol–water partition coefficient (Wildman–Crippen LogP) is 2.39. The van der Waals surface area contributed by atoms with Crippen LogP contribution in [0.4, 0.5) is 5.69 Å². The molecule has 0 aliphatic rings. The van der Waals surface area contributed by atoms with Gasteiger partial charge in [0.05, 0.1) is 24.2 Å². The molecule has 0 fully saturated rings. The lowest BCUT2D eigenvalue weighted by atomic mass is 10.2. The van der Waals surface area contributed by atoms with Gasteiger partial charge in [-0.25, -0.2) is 10.2 Å². The molecule has 0 aliphatic carbocycles. The Labute approximate surface area is 156 Å². The van der Waals surface area contributed by atoms with Crippen LogP contribution in [0.5, 0.6) is 0 Å². The molecular formula is C19H20N4O4. The Balaban J connectivity index is 1.85. The molecule has 0 saturated carbocycles. The second-order valence-electron chi connectivity index (χ2n) is 5.55. The summed E-state index contributed by atoms with van der Waals surface area (Å²) in [6, 6.07) is 9.62. The Morgan fingerprint density at radius 3 is 2.48 bits per heavy atom. The molecule has 27 heavy (non-hydrogen) atoms. The number of carbonyl (C=O) groups is 3. The molecule has 140 valence electrons. The maximum Gasteiger partial charge on any atom is 0.338 e. The van der Waals surface area contributed by atoms with Crippen LogP contribution in [0.2, 0.25) is 0 Å². The quantitative estimate of drug-likeness (QED) is 0.443. The molecule has 2 rings (SSSR count). The average Bonchev–Trinajstić information content (AvgIpc) is 2.67. The lowest BCUT2D eigenvalue weighted by molar-refractivity contribution is -0.115. The van der Waals surface area contributed by atoms with Crippen molar-refractivity contribution < 1.29 is 19.1 Å². The molecule has 0 bridgehead atoms. The van der Waals surface area contributed by atoms with E-state index < -0.39 is 11.9 Å². The van der Waals surface area contributed by atoms with Crippen molar-refractivity contribution in [2.24, 2.45) is 5.10 Å². The van der Waals surface area contributed by atoms with Crippen LogP contribution in [0.3, 0.4) is 0 Å². The number of rotatable bonds is 7. The standard InChI is InChI=1S/C19H20N4O4/c1-3-27-19(26)14-6-8-16(9-7-14)21-17(24)11-13(2)22-23-18(25)15-5-4-10-20-12-15/h4-10,12H,3,11H2,1-2H3,(H,21,24)(H,23,25)/b22-13+. The summed E-state index contributed by atoms with van der Waals surface area (Å²) >= 11 is 0. The highest BCUT2D eigenvalue weighted by Crippen LogP contribution is 2.11. The zero-order chi connectivity index (χ0) is 19.6. The summed E-state index contributed by atoms with van der Waals surface area (Å²) in [5, 5.41) is 6.60. The zero-order valence-corrected chi connectivity index (χ0v) is 15.1. The first-order valence-electron chi connectivity index (χ1n) is 8.30. The topological polar surface area (TPSA) is 110 Å². The van der Waals surface area contributed by atoms with Crippen LogP contribution in [0.1, 0.15) is 41.0 Å². The predicted molar refractivity (Wildman–Crippen MR) is 100 cm³/mol. The van der Waals surface area contributed by atoms with E-state index in [-0.39, 0.29) is 12.3 Å². The molecular weight excluding hydrogens is 348 g/mol. The zero-order valence-electron chi connectivity index (χ0n) is 15.1. The number of amides is 2. The van der Waals surface area contributed by atoms with Crippen LogP contribution < -0.4 is 10.7 Å². The van der Waals surface area contributed by atoms with Gasteiger partial charge in [-0.3, -0.25) is 14.6 Å². The van der Waals surface area contributed by atoms with Gasteiger partial charge in [0, 0.05) is 23.8 Å². The average molecular weight is 368 g/mol. The van der Waals surface area contributed by atoms with Gasteiger partial charge in [0.25, 0.3) is 5.91 Å². The molecule has 2 amide bonds. The van der Waals surface area contributed by atoms with Crippen molar-refractivity contribution in [3.05, 3.63) is 59.9 Å². The summed E-state index contributed by atoms with van der Waals surface area (Å²) in [4.78, 5) is 39.4. The minimum Gasteiger partial charge on any atom is -0.462 e. The molecule has 1 aromatic heterocycles. The van der Waals surface area contributed by atoms with E-state index in [0.29, 0.717) is 29.1 Å². The van der Waals surface area contributed by atoms with Crippen LogP contribution in [0.15, 0.2) is 53.9 Å². The van der Waals surface area contributed by atoms with Gasteiger partial charge in [0.1, 0.15) is 0 Å². The Bertz CT molecular complexity index is 833. The molecule has 2 aromatic rings. The highest BCUT2D eigenvalue weighted by atomic mass is 16.5. The largest absolute Gasteiger partial charge is 0.462 e. The van der Waals surface area contributed by atoms with Gasteiger partial charge in [-0.2, -0.15) is 5.10 Å². The Morgan fingerprint density at radius 2 is 1.85 bits per heavy atom. The summed E-state index contributed by atoms with van der Waals surface area (Å²) in [6.45, 7) is 3.66. The first-order valence-corrected chi connectivity index (χ1v) is 8.30. The number of pyridine rings is 1. The third-order valence-electron chi connectivity index (χ3n) is 3.37. The third kappa shape index (κ3) is 6.35. The molecule has 0 saturated heterocycles.